The molecule has 0 unspecified atom stereocenters. The molecule has 0 saturated heterocycles. The van der Waals surface area contributed by atoms with Crippen molar-refractivity contribution in [3.8, 4) is 0 Å². The molecule has 62 valence electrons. The van der Waals surface area contributed by atoms with Crippen molar-refractivity contribution in [1.82, 2.24) is 4.98 Å². The van der Waals surface area contributed by atoms with Gasteiger partial charge >= 0.3 is 0 Å². The lowest BCUT2D eigenvalue weighted by atomic mass is 10.3. The van der Waals surface area contributed by atoms with E-state index in [1.807, 2.05) is 13.8 Å². The second-order valence-electron chi connectivity index (χ2n) is 1.83. The van der Waals surface area contributed by atoms with Crippen LogP contribution in [0.5, 0.6) is 0 Å². The maximum absolute atomic E-state index is 12.3. The lowest BCUT2D eigenvalue weighted by molar-refractivity contribution is 0.588. The number of rotatable bonds is 0. The Kier molecular flexibility index (Phi) is 4.18. The Labute approximate surface area is 66.3 Å². The molecular formula is C8H13FN2. The minimum absolute atomic E-state index is 0.137. The van der Waals surface area contributed by atoms with Crippen LogP contribution in [0.2, 0.25) is 0 Å². The zero-order valence-electron chi connectivity index (χ0n) is 7.06. The highest BCUT2D eigenvalue weighted by molar-refractivity contribution is 5.43. The van der Waals surface area contributed by atoms with E-state index < -0.39 is 5.95 Å². The molecule has 0 aliphatic carbocycles. The van der Waals surface area contributed by atoms with Crippen LogP contribution in [0.3, 0.4) is 0 Å². The summed E-state index contributed by atoms with van der Waals surface area (Å²) in [5.41, 5.74) is 6.11. The SMILES string of the molecule is CC.Cc1ccnc(F)c1N. The van der Waals surface area contributed by atoms with E-state index in [1.54, 1.807) is 13.0 Å². The van der Waals surface area contributed by atoms with Gasteiger partial charge in [-0.1, -0.05) is 13.8 Å². The molecule has 0 fully saturated rings. The summed E-state index contributed by atoms with van der Waals surface area (Å²) in [6.07, 6.45) is 1.39. The topological polar surface area (TPSA) is 38.9 Å². The first-order valence-corrected chi connectivity index (χ1v) is 3.58. The second-order valence-corrected chi connectivity index (χ2v) is 1.83. The molecule has 0 radical (unpaired) electrons. The standard InChI is InChI=1S/C6H7FN2.C2H6/c1-4-2-3-9-6(7)5(4)8;1-2/h2-3H,8H2,1H3;1-2H3. The van der Waals surface area contributed by atoms with E-state index in [9.17, 15) is 4.39 Å². The van der Waals surface area contributed by atoms with Crippen LogP contribution in [0, 0.1) is 12.9 Å². The van der Waals surface area contributed by atoms with Crippen molar-refractivity contribution in [2.45, 2.75) is 20.8 Å². The van der Waals surface area contributed by atoms with Crippen LogP contribution in [-0.2, 0) is 0 Å². The molecule has 1 heterocycles. The van der Waals surface area contributed by atoms with Gasteiger partial charge in [-0.3, -0.25) is 0 Å². The van der Waals surface area contributed by atoms with Crippen LogP contribution in [0.1, 0.15) is 19.4 Å². The fourth-order valence-corrected chi connectivity index (χ4v) is 0.537. The maximum Gasteiger partial charge on any atom is 0.236 e. The minimum atomic E-state index is -0.588. The number of aromatic nitrogens is 1. The van der Waals surface area contributed by atoms with E-state index >= 15 is 0 Å². The first kappa shape index (κ1) is 9.88. The van der Waals surface area contributed by atoms with Crippen molar-refractivity contribution in [2.24, 2.45) is 0 Å². The summed E-state index contributed by atoms with van der Waals surface area (Å²) in [6, 6.07) is 1.67. The molecule has 2 N–H and O–H groups in total. The lowest BCUT2D eigenvalue weighted by Crippen LogP contribution is -1.95. The van der Waals surface area contributed by atoms with E-state index in [4.69, 9.17) is 5.73 Å². The van der Waals surface area contributed by atoms with Crippen LogP contribution in [0.4, 0.5) is 10.1 Å². The van der Waals surface area contributed by atoms with Crippen LogP contribution in [0.15, 0.2) is 12.3 Å². The molecule has 0 spiro atoms. The summed E-state index contributed by atoms with van der Waals surface area (Å²) in [7, 11) is 0. The molecule has 0 aliphatic heterocycles. The summed E-state index contributed by atoms with van der Waals surface area (Å²) in [5, 5.41) is 0. The Balaban J connectivity index is 0.000000461. The number of anilines is 1. The highest BCUT2D eigenvalue weighted by Crippen LogP contribution is 2.10. The molecule has 0 amide bonds. The zero-order valence-corrected chi connectivity index (χ0v) is 7.06. The van der Waals surface area contributed by atoms with Gasteiger partial charge in [0.2, 0.25) is 5.95 Å². The van der Waals surface area contributed by atoms with E-state index in [0.29, 0.717) is 0 Å². The molecule has 3 heteroatoms. The average molecular weight is 156 g/mol. The van der Waals surface area contributed by atoms with Gasteiger partial charge in [-0.15, -0.1) is 0 Å². The Morgan fingerprint density at radius 2 is 2.00 bits per heavy atom. The number of halogens is 1. The summed E-state index contributed by atoms with van der Waals surface area (Å²) in [6.45, 7) is 5.74. The monoisotopic (exact) mass is 156 g/mol. The summed E-state index contributed by atoms with van der Waals surface area (Å²) < 4.78 is 12.3. The minimum Gasteiger partial charge on any atom is -0.395 e. The van der Waals surface area contributed by atoms with Gasteiger partial charge in [-0.2, -0.15) is 4.39 Å². The van der Waals surface area contributed by atoms with Crippen molar-refractivity contribution in [1.29, 1.82) is 0 Å². The van der Waals surface area contributed by atoms with Gasteiger partial charge in [0.05, 0.1) is 5.69 Å². The number of nitrogens with zero attached hydrogens (tertiary/aromatic N) is 1. The first-order valence-electron chi connectivity index (χ1n) is 3.58. The van der Waals surface area contributed by atoms with Gasteiger partial charge in [0.15, 0.2) is 0 Å². The van der Waals surface area contributed by atoms with Gasteiger partial charge in [0, 0.05) is 6.20 Å². The highest BCUT2D eigenvalue weighted by Gasteiger charge is 1.98. The molecular weight excluding hydrogens is 143 g/mol. The summed E-state index contributed by atoms with van der Waals surface area (Å²) in [5.74, 6) is -0.588. The van der Waals surface area contributed by atoms with Crippen molar-refractivity contribution in [3.63, 3.8) is 0 Å². The Morgan fingerprint density at radius 3 is 2.36 bits per heavy atom. The first-order chi connectivity index (χ1) is 5.22. The quantitative estimate of drug-likeness (QED) is 0.584. The Morgan fingerprint density at radius 1 is 1.45 bits per heavy atom. The summed E-state index contributed by atoms with van der Waals surface area (Å²) >= 11 is 0. The van der Waals surface area contributed by atoms with Gasteiger partial charge in [-0.05, 0) is 18.6 Å². The van der Waals surface area contributed by atoms with Gasteiger partial charge < -0.3 is 5.73 Å². The Hall–Kier alpha value is -1.12. The van der Waals surface area contributed by atoms with Gasteiger partial charge in [0.25, 0.3) is 0 Å². The van der Waals surface area contributed by atoms with E-state index in [0.717, 1.165) is 5.56 Å². The number of aryl methyl sites for hydroxylation is 1. The normalized spacial score (nSPS) is 8.36. The third kappa shape index (κ3) is 2.53. The fraction of sp³-hybridized carbons (Fsp3) is 0.375. The molecule has 1 aromatic rings. The smallest absolute Gasteiger partial charge is 0.236 e. The van der Waals surface area contributed by atoms with Crippen LogP contribution >= 0.6 is 0 Å². The predicted molar refractivity (Wildman–Crippen MR) is 44.7 cm³/mol. The van der Waals surface area contributed by atoms with Gasteiger partial charge in [-0.25, -0.2) is 4.98 Å². The lowest BCUT2D eigenvalue weighted by Gasteiger charge is -1.96. The van der Waals surface area contributed by atoms with Crippen molar-refractivity contribution < 1.29 is 4.39 Å². The number of nitrogens with two attached hydrogens (primary N) is 1. The number of nitrogen functional groups attached to an aromatic ring is 1. The van der Waals surface area contributed by atoms with Crippen LogP contribution in [0.25, 0.3) is 0 Å². The molecule has 0 atom stereocenters. The molecule has 2 nitrogen and oxygen atoms in total. The molecule has 1 rings (SSSR count). The molecule has 0 aromatic carbocycles. The fourth-order valence-electron chi connectivity index (χ4n) is 0.537. The Bertz CT molecular complexity index is 203. The number of hydrogen-bond acceptors (Lipinski definition) is 2. The van der Waals surface area contributed by atoms with E-state index in [2.05, 4.69) is 4.98 Å². The zero-order chi connectivity index (χ0) is 8.85. The molecule has 0 bridgehead atoms. The average Bonchev–Trinajstić information content (AvgIpc) is 2.04. The largest absolute Gasteiger partial charge is 0.395 e. The predicted octanol–water partition coefficient (Wildman–Crippen LogP) is 2.14. The third-order valence-corrected chi connectivity index (χ3v) is 1.16. The molecule has 0 aliphatic rings. The molecule has 1 aromatic heterocycles. The van der Waals surface area contributed by atoms with Crippen molar-refractivity contribution >= 4 is 5.69 Å². The number of pyridine rings is 1. The number of hydrogen-bond donors (Lipinski definition) is 1. The van der Waals surface area contributed by atoms with Gasteiger partial charge in [0.1, 0.15) is 0 Å². The van der Waals surface area contributed by atoms with Crippen molar-refractivity contribution in [3.05, 3.63) is 23.8 Å². The molecule has 0 saturated carbocycles. The highest BCUT2D eigenvalue weighted by atomic mass is 19.1. The third-order valence-electron chi connectivity index (χ3n) is 1.16. The van der Waals surface area contributed by atoms with E-state index in [1.165, 1.54) is 6.20 Å². The van der Waals surface area contributed by atoms with Crippen LogP contribution < -0.4 is 5.73 Å². The second kappa shape index (κ2) is 4.66. The molecule has 11 heavy (non-hydrogen) atoms. The van der Waals surface area contributed by atoms with Crippen LogP contribution in [-0.4, -0.2) is 4.98 Å². The van der Waals surface area contributed by atoms with E-state index in [-0.39, 0.29) is 5.69 Å². The van der Waals surface area contributed by atoms with Crippen molar-refractivity contribution in [2.75, 3.05) is 5.73 Å². The summed E-state index contributed by atoms with van der Waals surface area (Å²) in [4.78, 5) is 3.35. The maximum atomic E-state index is 12.3.